The number of nitrogens with one attached hydrogen (secondary N) is 1. The predicted molar refractivity (Wildman–Crippen MR) is 85.4 cm³/mol. The topological polar surface area (TPSA) is 104 Å². The van der Waals surface area contributed by atoms with Gasteiger partial charge in [-0.2, -0.15) is 5.10 Å². The molecule has 2 aromatic heterocycles. The highest BCUT2D eigenvalue weighted by atomic mass is 35.5. The van der Waals surface area contributed by atoms with Crippen molar-refractivity contribution in [2.24, 2.45) is 12.8 Å². The summed E-state index contributed by atoms with van der Waals surface area (Å²) < 4.78 is 16.2. The predicted octanol–water partition coefficient (Wildman–Crippen LogP) is 1.50. The first-order chi connectivity index (χ1) is 11.4. The Morgan fingerprint density at radius 1 is 1.42 bits per heavy atom. The summed E-state index contributed by atoms with van der Waals surface area (Å²) in [5.41, 5.74) is 6.76. The molecule has 0 unspecified atom stereocenters. The van der Waals surface area contributed by atoms with Gasteiger partial charge in [0.25, 0.3) is 5.91 Å². The van der Waals surface area contributed by atoms with Crippen LogP contribution in [-0.2, 0) is 13.6 Å². The lowest BCUT2D eigenvalue weighted by Gasteiger charge is -2.02. The molecule has 0 aliphatic heterocycles. The largest absolute Gasteiger partial charge is 0.365 e. The van der Waals surface area contributed by atoms with E-state index < -0.39 is 11.7 Å². The van der Waals surface area contributed by atoms with E-state index in [4.69, 9.17) is 17.3 Å². The van der Waals surface area contributed by atoms with Gasteiger partial charge in [-0.1, -0.05) is 16.8 Å². The van der Waals surface area contributed by atoms with Crippen molar-refractivity contribution in [2.45, 2.75) is 6.54 Å². The molecule has 0 saturated heterocycles. The number of hydrogen-bond donors (Lipinski definition) is 2. The Morgan fingerprint density at radius 2 is 2.21 bits per heavy atom. The van der Waals surface area contributed by atoms with Crippen LogP contribution >= 0.6 is 11.6 Å². The summed E-state index contributed by atoms with van der Waals surface area (Å²) in [4.78, 5) is 11.3. The second-order valence-corrected chi connectivity index (χ2v) is 5.44. The van der Waals surface area contributed by atoms with E-state index in [1.165, 1.54) is 33.8 Å². The molecule has 0 saturated carbocycles. The number of anilines is 1. The van der Waals surface area contributed by atoms with E-state index in [1.807, 2.05) is 0 Å². The average Bonchev–Trinajstić information content (AvgIpc) is 3.14. The van der Waals surface area contributed by atoms with E-state index in [-0.39, 0.29) is 17.1 Å². The van der Waals surface area contributed by atoms with E-state index >= 15 is 0 Å². The maximum atomic E-state index is 13.2. The summed E-state index contributed by atoms with van der Waals surface area (Å²) in [6.07, 6.45) is 3.19. The monoisotopic (exact) mass is 349 g/mol. The molecule has 1 amide bonds. The molecule has 8 nitrogen and oxygen atoms in total. The van der Waals surface area contributed by atoms with Crippen molar-refractivity contribution in [1.82, 2.24) is 24.8 Å². The summed E-state index contributed by atoms with van der Waals surface area (Å²) >= 11 is 5.76. The third-order valence-corrected chi connectivity index (χ3v) is 3.53. The second kappa shape index (κ2) is 6.28. The van der Waals surface area contributed by atoms with Gasteiger partial charge < -0.3 is 11.1 Å². The number of halogens is 2. The third-order valence-electron chi connectivity index (χ3n) is 3.24. The molecule has 124 valence electrons. The Morgan fingerprint density at radius 3 is 2.92 bits per heavy atom. The molecule has 0 fully saturated rings. The van der Waals surface area contributed by atoms with E-state index in [0.717, 1.165) is 0 Å². The normalized spacial score (nSPS) is 10.8. The highest BCUT2D eigenvalue weighted by Gasteiger charge is 2.13. The number of benzene rings is 1. The molecule has 0 bridgehead atoms. The maximum Gasteiger partial charge on any atom is 0.254 e. The molecule has 0 aliphatic rings. The Hall–Kier alpha value is -2.94. The number of nitrogens with two attached hydrogens (primary N) is 1. The molecule has 3 rings (SSSR count). The fraction of sp³-hybridized carbons (Fsp3) is 0.143. The van der Waals surface area contributed by atoms with Crippen molar-refractivity contribution in [3.05, 3.63) is 52.7 Å². The highest BCUT2D eigenvalue weighted by molar-refractivity contribution is 6.30. The van der Waals surface area contributed by atoms with Gasteiger partial charge >= 0.3 is 0 Å². The van der Waals surface area contributed by atoms with Crippen molar-refractivity contribution < 1.29 is 9.18 Å². The van der Waals surface area contributed by atoms with Crippen molar-refractivity contribution in [2.75, 3.05) is 5.32 Å². The Kier molecular flexibility index (Phi) is 4.17. The number of nitrogens with zero attached hydrogens (tertiary/aromatic N) is 5. The van der Waals surface area contributed by atoms with Gasteiger partial charge in [0.2, 0.25) is 0 Å². The molecule has 10 heteroatoms. The summed E-state index contributed by atoms with van der Waals surface area (Å²) in [6, 6.07) is 4.24. The van der Waals surface area contributed by atoms with Crippen molar-refractivity contribution in [3.8, 4) is 5.69 Å². The minimum Gasteiger partial charge on any atom is -0.365 e. The molecule has 0 atom stereocenters. The average molecular weight is 350 g/mol. The van der Waals surface area contributed by atoms with Crippen LogP contribution in [0.4, 0.5) is 10.2 Å². The van der Waals surface area contributed by atoms with Crippen LogP contribution in [0.15, 0.2) is 30.6 Å². The fourth-order valence-electron chi connectivity index (χ4n) is 2.11. The molecule has 3 N–H and O–H groups in total. The minimum atomic E-state index is -0.574. The van der Waals surface area contributed by atoms with E-state index in [1.54, 1.807) is 13.2 Å². The number of amides is 1. The summed E-state index contributed by atoms with van der Waals surface area (Å²) in [5.74, 6) is -0.712. The van der Waals surface area contributed by atoms with E-state index in [9.17, 15) is 9.18 Å². The van der Waals surface area contributed by atoms with Crippen LogP contribution in [0, 0.1) is 5.82 Å². The molecular formula is C14H13ClFN7O. The SMILES string of the molecule is Cn1cc(C(N)=O)c(NCc2cn(-c3ccc(F)c(Cl)c3)nn2)n1. The van der Waals surface area contributed by atoms with Gasteiger partial charge in [0.05, 0.1) is 23.5 Å². The molecule has 3 aromatic rings. The van der Waals surface area contributed by atoms with Crippen LogP contribution in [-0.4, -0.2) is 30.7 Å². The van der Waals surface area contributed by atoms with Crippen molar-refractivity contribution in [3.63, 3.8) is 0 Å². The summed E-state index contributed by atoms with van der Waals surface area (Å²) in [6.45, 7) is 0.284. The van der Waals surface area contributed by atoms with Gasteiger partial charge in [-0.3, -0.25) is 9.48 Å². The zero-order valence-electron chi connectivity index (χ0n) is 12.6. The van der Waals surface area contributed by atoms with Crippen molar-refractivity contribution in [1.29, 1.82) is 0 Å². The molecule has 0 radical (unpaired) electrons. The Labute approximate surface area is 141 Å². The smallest absolute Gasteiger partial charge is 0.254 e. The zero-order valence-corrected chi connectivity index (χ0v) is 13.3. The van der Waals surface area contributed by atoms with Crippen molar-refractivity contribution >= 4 is 23.3 Å². The van der Waals surface area contributed by atoms with Crippen LogP contribution in [0.1, 0.15) is 16.1 Å². The zero-order chi connectivity index (χ0) is 17.3. The highest BCUT2D eigenvalue weighted by Crippen LogP contribution is 2.18. The minimum absolute atomic E-state index is 0.00209. The van der Waals surface area contributed by atoms with Gasteiger partial charge in [-0.25, -0.2) is 9.07 Å². The van der Waals surface area contributed by atoms with E-state index in [2.05, 4.69) is 20.7 Å². The molecule has 24 heavy (non-hydrogen) atoms. The quantitative estimate of drug-likeness (QED) is 0.726. The second-order valence-electron chi connectivity index (χ2n) is 5.04. The summed E-state index contributed by atoms with van der Waals surface area (Å²) in [7, 11) is 1.69. The first-order valence-corrected chi connectivity index (χ1v) is 7.26. The third kappa shape index (κ3) is 3.20. The number of rotatable bonds is 5. The first kappa shape index (κ1) is 15.9. The molecule has 0 aliphatic carbocycles. The number of primary amides is 1. The van der Waals surface area contributed by atoms with Gasteiger partial charge in [0, 0.05) is 13.2 Å². The number of hydrogen-bond acceptors (Lipinski definition) is 5. The van der Waals surface area contributed by atoms with Crippen LogP contribution in [0.3, 0.4) is 0 Å². The number of carbonyl (C=O) groups is 1. The lowest BCUT2D eigenvalue weighted by atomic mass is 10.3. The number of aryl methyl sites for hydroxylation is 1. The summed E-state index contributed by atoms with van der Waals surface area (Å²) in [5, 5.41) is 15.1. The standard InChI is InChI=1S/C14H13ClFN7O/c1-22-7-10(13(17)24)14(20-22)18-5-8-6-23(21-19-8)9-2-3-12(16)11(15)4-9/h2-4,6-7H,5H2,1H3,(H2,17,24)(H,18,20). The van der Waals surface area contributed by atoms with Crippen LogP contribution in [0.25, 0.3) is 5.69 Å². The molecule has 0 spiro atoms. The van der Waals surface area contributed by atoms with Gasteiger partial charge in [-0.15, -0.1) is 5.10 Å². The fourth-order valence-corrected chi connectivity index (χ4v) is 2.28. The van der Waals surface area contributed by atoms with Crippen LogP contribution in [0.5, 0.6) is 0 Å². The number of aromatic nitrogens is 5. The van der Waals surface area contributed by atoms with Gasteiger partial charge in [-0.05, 0) is 18.2 Å². The van der Waals surface area contributed by atoms with Crippen LogP contribution in [0.2, 0.25) is 5.02 Å². The van der Waals surface area contributed by atoms with Crippen LogP contribution < -0.4 is 11.1 Å². The first-order valence-electron chi connectivity index (χ1n) is 6.88. The lowest BCUT2D eigenvalue weighted by molar-refractivity contribution is 0.100. The lowest BCUT2D eigenvalue weighted by Crippen LogP contribution is -2.13. The van der Waals surface area contributed by atoms with Gasteiger partial charge in [0.1, 0.15) is 17.1 Å². The van der Waals surface area contributed by atoms with E-state index in [0.29, 0.717) is 17.2 Å². The number of carbonyl (C=O) groups excluding carboxylic acids is 1. The maximum absolute atomic E-state index is 13.2. The Bertz CT molecular complexity index is 904. The molecule has 2 heterocycles. The molecule has 1 aromatic carbocycles. The Balaban J connectivity index is 1.75. The van der Waals surface area contributed by atoms with Gasteiger partial charge in [0.15, 0.2) is 5.82 Å². The molecular weight excluding hydrogens is 337 g/mol.